The Bertz CT molecular complexity index is 1240. The maximum atomic E-state index is 13.4. The normalized spacial score (nSPS) is 14.2. The monoisotopic (exact) mass is 465 g/mol. The second-order valence-corrected chi connectivity index (χ2v) is 10.0. The summed E-state index contributed by atoms with van der Waals surface area (Å²) in [7, 11) is 0. The summed E-state index contributed by atoms with van der Waals surface area (Å²) >= 11 is 0. The lowest BCUT2D eigenvalue weighted by molar-refractivity contribution is 0.0225. The van der Waals surface area contributed by atoms with E-state index in [4.69, 9.17) is 9.47 Å². The zero-order valence-electron chi connectivity index (χ0n) is 20.5. The molecule has 1 N–H and O–H groups in total. The first-order valence-electron chi connectivity index (χ1n) is 11.3. The zero-order chi connectivity index (χ0) is 24.7. The average Bonchev–Trinajstić information content (AvgIpc) is 3.07. The number of amides is 2. The number of imidazole rings is 1. The molecule has 0 unspecified atom stereocenters. The van der Waals surface area contributed by atoms with Gasteiger partial charge in [0.15, 0.2) is 0 Å². The number of ether oxygens (including phenoxy) is 2. The van der Waals surface area contributed by atoms with Crippen molar-refractivity contribution in [2.45, 2.75) is 59.2 Å². The maximum absolute atomic E-state index is 13.4. The molecule has 180 valence electrons. The van der Waals surface area contributed by atoms with Crippen molar-refractivity contribution < 1.29 is 19.1 Å². The third kappa shape index (κ3) is 4.69. The number of hydrogen-bond donors (Lipinski definition) is 1. The van der Waals surface area contributed by atoms with Gasteiger partial charge in [-0.2, -0.15) is 0 Å². The standard InChI is InChI=1S/C25H31N5O4/c1-16-8-7-9-30-19(16)14-27-22(30)25(5,6)28-21(31)18-13-26-12-17-15-29(10-11-33-20(17)18)23(32)34-24(2,3)4/h7-9,12-14H,10-11,15H2,1-6H3,(H,28,31). The number of carbonyl (C=O) groups is 2. The van der Waals surface area contributed by atoms with Crippen molar-refractivity contribution in [3.05, 3.63) is 59.4 Å². The highest BCUT2D eigenvalue weighted by Gasteiger charge is 2.32. The van der Waals surface area contributed by atoms with Crippen LogP contribution in [0.4, 0.5) is 4.79 Å². The van der Waals surface area contributed by atoms with Gasteiger partial charge in [-0.1, -0.05) is 6.07 Å². The molecule has 4 rings (SSSR count). The van der Waals surface area contributed by atoms with Crippen LogP contribution in [0.15, 0.2) is 36.9 Å². The van der Waals surface area contributed by atoms with E-state index in [9.17, 15) is 9.59 Å². The van der Waals surface area contributed by atoms with Crippen LogP contribution in [0.2, 0.25) is 0 Å². The van der Waals surface area contributed by atoms with Gasteiger partial charge < -0.3 is 24.1 Å². The number of carbonyl (C=O) groups excluding carboxylic acids is 2. The van der Waals surface area contributed by atoms with Crippen LogP contribution in [-0.4, -0.2) is 50.0 Å². The molecule has 3 aromatic heterocycles. The van der Waals surface area contributed by atoms with Crippen molar-refractivity contribution in [1.82, 2.24) is 24.6 Å². The maximum Gasteiger partial charge on any atom is 0.410 e. The van der Waals surface area contributed by atoms with Crippen LogP contribution in [0.3, 0.4) is 0 Å². The van der Waals surface area contributed by atoms with E-state index in [0.29, 0.717) is 29.2 Å². The summed E-state index contributed by atoms with van der Waals surface area (Å²) in [5, 5.41) is 3.07. The second kappa shape index (κ2) is 8.62. The first kappa shape index (κ1) is 23.5. The van der Waals surface area contributed by atoms with Gasteiger partial charge in [0.05, 0.1) is 35.9 Å². The van der Waals surface area contributed by atoms with Crippen LogP contribution in [0.25, 0.3) is 5.52 Å². The third-order valence-electron chi connectivity index (χ3n) is 5.60. The van der Waals surface area contributed by atoms with E-state index in [2.05, 4.69) is 15.3 Å². The Morgan fingerprint density at radius 1 is 1.15 bits per heavy atom. The Balaban J connectivity index is 1.58. The lowest BCUT2D eigenvalue weighted by atomic mass is 10.0. The summed E-state index contributed by atoms with van der Waals surface area (Å²) in [6, 6.07) is 3.98. The van der Waals surface area contributed by atoms with Crippen LogP contribution in [0, 0.1) is 6.92 Å². The first-order chi connectivity index (χ1) is 16.0. The summed E-state index contributed by atoms with van der Waals surface area (Å²) in [4.78, 5) is 36.3. The van der Waals surface area contributed by atoms with Gasteiger partial charge in [0.2, 0.25) is 0 Å². The molecule has 3 aromatic rings. The van der Waals surface area contributed by atoms with Crippen molar-refractivity contribution in [1.29, 1.82) is 0 Å². The fourth-order valence-corrected chi connectivity index (χ4v) is 3.99. The quantitative estimate of drug-likeness (QED) is 0.631. The summed E-state index contributed by atoms with van der Waals surface area (Å²) in [6.45, 7) is 12.1. The molecule has 0 fully saturated rings. The molecule has 0 bridgehead atoms. The minimum atomic E-state index is -0.771. The number of fused-ring (bicyclic) bond motifs is 2. The molecular formula is C25H31N5O4. The molecule has 0 aromatic carbocycles. The van der Waals surface area contributed by atoms with E-state index in [0.717, 1.165) is 11.1 Å². The minimum absolute atomic E-state index is 0.240. The molecule has 9 nitrogen and oxygen atoms in total. The fraction of sp³-hybridized carbons (Fsp3) is 0.440. The molecule has 0 atom stereocenters. The van der Waals surface area contributed by atoms with Crippen LogP contribution >= 0.6 is 0 Å². The smallest absolute Gasteiger partial charge is 0.410 e. The van der Waals surface area contributed by atoms with Gasteiger partial charge in [0, 0.05) is 24.2 Å². The van der Waals surface area contributed by atoms with Crippen LogP contribution in [0.5, 0.6) is 5.75 Å². The van der Waals surface area contributed by atoms with Crippen molar-refractivity contribution in [3.63, 3.8) is 0 Å². The SMILES string of the molecule is Cc1cccn2c(C(C)(C)NC(=O)c3cncc4c3OCCN(C(=O)OC(C)(C)C)C4)ncc12. The molecule has 1 aliphatic rings. The lowest BCUT2D eigenvalue weighted by Crippen LogP contribution is -2.42. The number of hydrogen-bond acceptors (Lipinski definition) is 6. The highest BCUT2D eigenvalue weighted by atomic mass is 16.6. The Morgan fingerprint density at radius 3 is 2.65 bits per heavy atom. The van der Waals surface area contributed by atoms with Crippen LogP contribution in [0.1, 0.15) is 61.9 Å². The van der Waals surface area contributed by atoms with E-state index < -0.39 is 17.2 Å². The average molecular weight is 466 g/mol. The molecule has 0 saturated carbocycles. The van der Waals surface area contributed by atoms with Crippen molar-refractivity contribution in [3.8, 4) is 5.75 Å². The van der Waals surface area contributed by atoms with Gasteiger partial charge in [-0.15, -0.1) is 0 Å². The molecule has 34 heavy (non-hydrogen) atoms. The summed E-state index contributed by atoms with van der Waals surface area (Å²) in [5.74, 6) is 0.814. The lowest BCUT2D eigenvalue weighted by Gasteiger charge is -2.26. The molecule has 4 heterocycles. The first-order valence-corrected chi connectivity index (χ1v) is 11.3. The van der Waals surface area contributed by atoms with Crippen molar-refractivity contribution in [2.75, 3.05) is 13.2 Å². The predicted molar refractivity (Wildman–Crippen MR) is 127 cm³/mol. The van der Waals surface area contributed by atoms with Gasteiger partial charge >= 0.3 is 6.09 Å². The van der Waals surface area contributed by atoms with Crippen molar-refractivity contribution >= 4 is 17.5 Å². The van der Waals surface area contributed by atoms with Crippen LogP contribution in [-0.2, 0) is 16.8 Å². The van der Waals surface area contributed by atoms with Gasteiger partial charge in [0.1, 0.15) is 23.8 Å². The van der Waals surface area contributed by atoms with E-state index in [1.807, 2.05) is 70.5 Å². The highest BCUT2D eigenvalue weighted by Crippen LogP contribution is 2.29. The molecule has 0 saturated heterocycles. The van der Waals surface area contributed by atoms with Crippen molar-refractivity contribution in [2.24, 2.45) is 0 Å². The topological polar surface area (TPSA) is 98.1 Å². The zero-order valence-corrected chi connectivity index (χ0v) is 20.5. The van der Waals surface area contributed by atoms with E-state index in [1.165, 1.54) is 6.20 Å². The molecule has 0 aliphatic carbocycles. The number of nitrogens with one attached hydrogen (secondary N) is 1. The highest BCUT2D eigenvalue weighted by molar-refractivity contribution is 5.97. The minimum Gasteiger partial charge on any atom is -0.490 e. The predicted octanol–water partition coefficient (Wildman–Crippen LogP) is 3.83. The summed E-state index contributed by atoms with van der Waals surface area (Å²) in [5.41, 5.74) is 1.68. The summed E-state index contributed by atoms with van der Waals surface area (Å²) in [6.07, 6.45) is 6.42. The second-order valence-electron chi connectivity index (χ2n) is 10.0. The Labute approximate surface area is 199 Å². The number of aryl methyl sites for hydroxylation is 1. The summed E-state index contributed by atoms with van der Waals surface area (Å²) < 4.78 is 13.4. The van der Waals surface area contributed by atoms with Crippen LogP contribution < -0.4 is 10.1 Å². The van der Waals surface area contributed by atoms with E-state index in [-0.39, 0.29) is 19.1 Å². The largest absolute Gasteiger partial charge is 0.490 e. The Morgan fingerprint density at radius 2 is 1.91 bits per heavy atom. The Hall–Kier alpha value is -3.62. The van der Waals surface area contributed by atoms with E-state index in [1.54, 1.807) is 11.1 Å². The molecular weight excluding hydrogens is 434 g/mol. The fourth-order valence-electron chi connectivity index (χ4n) is 3.99. The van der Waals surface area contributed by atoms with Gasteiger partial charge in [-0.05, 0) is 53.2 Å². The van der Waals surface area contributed by atoms with Gasteiger partial charge in [0.25, 0.3) is 5.91 Å². The molecule has 0 spiro atoms. The number of nitrogens with zero attached hydrogens (tertiary/aromatic N) is 4. The molecule has 0 radical (unpaired) electrons. The third-order valence-corrected chi connectivity index (χ3v) is 5.60. The molecule has 1 aliphatic heterocycles. The number of pyridine rings is 2. The van der Waals surface area contributed by atoms with Gasteiger partial charge in [-0.25, -0.2) is 9.78 Å². The molecule has 2 amide bonds. The van der Waals surface area contributed by atoms with Gasteiger partial charge in [-0.3, -0.25) is 9.78 Å². The Kier molecular flexibility index (Phi) is 5.97. The molecule has 9 heteroatoms. The number of rotatable bonds is 3. The number of aromatic nitrogens is 3. The van der Waals surface area contributed by atoms with E-state index >= 15 is 0 Å².